The first-order valence-electron chi connectivity index (χ1n) is 25.0. The quantitative estimate of drug-likeness (QED) is 0.137. The van der Waals surface area contributed by atoms with Crippen LogP contribution in [0.15, 0.2) is 279 Å². The monoisotopic (exact) mass is 942 g/mol. The van der Waals surface area contributed by atoms with Crippen molar-refractivity contribution in [3.05, 3.63) is 279 Å². The molecule has 4 nitrogen and oxygen atoms in total. The molecule has 0 atom stereocenters. The van der Waals surface area contributed by atoms with Gasteiger partial charge in [0.15, 0.2) is 11.6 Å². The van der Waals surface area contributed by atoms with Gasteiger partial charge in [0, 0.05) is 33.4 Å². The molecular weight excluding hydrogens is 897 g/mol. The zero-order chi connectivity index (χ0) is 49.2. The Labute approximate surface area is 430 Å². The van der Waals surface area contributed by atoms with Gasteiger partial charge >= 0.3 is 0 Å². The van der Waals surface area contributed by atoms with Gasteiger partial charge in [0.25, 0.3) is 0 Å². The number of fused-ring (bicyclic) bond motifs is 2. The van der Waals surface area contributed by atoms with E-state index >= 15 is 0 Å². The fraction of sp³-hybridized carbons (Fsp3) is 0. The lowest BCUT2D eigenvalue weighted by atomic mass is 9.81. The van der Waals surface area contributed by atoms with Gasteiger partial charge in [-0.2, -0.15) is 0 Å². The van der Waals surface area contributed by atoms with Gasteiger partial charge in [0.2, 0.25) is 0 Å². The van der Waals surface area contributed by atoms with Crippen LogP contribution in [0.1, 0.15) is 0 Å². The highest BCUT2D eigenvalue weighted by Crippen LogP contribution is 2.49. The van der Waals surface area contributed by atoms with Gasteiger partial charge in [-0.05, 0) is 78.2 Å². The van der Waals surface area contributed by atoms with Crippen LogP contribution in [-0.2, 0) is 0 Å². The molecule has 0 radical (unpaired) electrons. The normalized spacial score (nSPS) is 11.2. The second kappa shape index (κ2) is 19.4. The zero-order valence-electron chi connectivity index (χ0n) is 40.3. The Morgan fingerprint density at radius 1 is 0.189 bits per heavy atom. The summed E-state index contributed by atoms with van der Waals surface area (Å²) in [6.45, 7) is 0. The SMILES string of the molecule is c1ccc(-c2cc(-c3ccc(-c4c(-c5cccc6ccccc56)ccc(-c5cccc6ccccc56)c4-c4ccc(-c5cc(-c6ccccc6)nc(-c6ccccc6)n5)cc4)cc3)nc(-c3ccccc3)n2)cc1. The molecular formula is C70H46N4. The van der Waals surface area contributed by atoms with Gasteiger partial charge in [0.1, 0.15) is 0 Å². The minimum atomic E-state index is 0.687. The van der Waals surface area contributed by atoms with Crippen LogP contribution in [0, 0.1) is 0 Å². The van der Waals surface area contributed by atoms with E-state index in [-0.39, 0.29) is 0 Å². The van der Waals surface area contributed by atoms with Crippen LogP contribution in [0.25, 0.3) is 134 Å². The van der Waals surface area contributed by atoms with E-state index in [1.807, 2.05) is 48.5 Å². The Balaban J connectivity index is 1.03. The van der Waals surface area contributed by atoms with Crippen LogP contribution >= 0.6 is 0 Å². The van der Waals surface area contributed by atoms with Crippen molar-refractivity contribution in [2.24, 2.45) is 0 Å². The minimum Gasteiger partial charge on any atom is -0.228 e. The first-order chi connectivity index (χ1) is 36.7. The van der Waals surface area contributed by atoms with E-state index in [1.165, 1.54) is 32.7 Å². The standard InChI is InChI=1S/C70H46N4/c1-5-21-49(22-6-1)63-45-65(73-69(71-63)55-25-9-3-10-26-55)51-35-39-53(40-36-51)67-61(59-33-17-29-47-19-13-15-31-57(47)59)43-44-62(60-34-18-30-48-20-14-16-32-58(48)60)68(67)54-41-37-52(38-42-54)66-46-64(50-23-7-2-8-24-50)72-70(74-66)56-27-11-4-12-28-56/h1-46H. The molecule has 74 heavy (non-hydrogen) atoms. The molecule has 0 bridgehead atoms. The summed E-state index contributed by atoms with van der Waals surface area (Å²) >= 11 is 0. The molecule has 4 heteroatoms. The van der Waals surface area contributed by atoms with Gasteiger partial charge < -0.3 is 0 Å². The second-order valence-electron chi connectivity index (χ2n) is 18.5. The lowest BCUT2D eigenvalue weighted by Gasteiger charge is -2.22. The van der Waals surface area contributed by atoms with E-state index in [1.54, 1.807) is 0 Å². The molecule has 13 aromatic rings. The molecule has 0 aliphatic carbocycles. The van der Waals surface area contributed by atoms with Gasteiger partial charge in [-0.1, -0.05) is 267 Å². The summed E-state index contributed by atoms with van der Waals surface area (Å²) in [5, 5.41) is 4.78. The van der Waals surface area contributed by atoms with Crippen molar-refractivity contribution < 1.29 is 0 Å². The highest BCUT2D eigenvalue weighted by atomic mass is 14.9. The molecule has 0 aliphatic rings. The topological polar surface area (TPSA) is 51.6 Å². The van der Waals surface area contributed by atoms with Crippen LogP contribution in [0.4, 0.5) is 0 Å². The Kier molecular flexibility index (Phi) is 11.5. The van der Waals surface area contributed by atoms with E-state index in [9.17, 15) is 0 Å². The molecule has 11 aromatic carbocycles. The number of hydrogen-bond acceptors (Lipinski definition) is 4. The largest absolute Gasteiger partial charge is 0.228 e. The van der Waals surface area contributed by atoms with Crippen molar-refractivity contribution in [2.45, 2.75) is 0 Å². The summed E-state index contributed by atoms with van der Waals surface area (Å²) in [6, 6.07) is 98.7. The number of nitrogens with zero attached hydrogens (tertiary/aromatic N) is 4. The van der Waals surface area contributed by atoms with Crippen molar-refractivity contribution in [3.8, 4) is 112 Å². The molecule has 2 aromatic heterocycles. The Bertz CT molecular complexity index is 3740. The Morgan fingerprint density at radius 2 is 0.473 bits per heavy atom. The number of benzene rings is 11. The predicted octanol–water partition coefficient (Wildman–Crippen LogP) is 18.2. The molecule has 0 spiro atoms. The molecule has 2 heterocycles. The zero-order valence-corrected chi connectivity index (χ0v) is 40.3. The van der Waals surface area contributed by atoms with E-state index in [2.05, 4.69) is 231 Å². The molecule has 0 aliphatic heterocycles. The van der Waals surface area contributed by atoms with Crippen LogP contribution in [0.2, 0.25) is 0 Å². The van der Waals surface area contributed by atoms with Crippen LogP contribution in [0.3, 0.4) is 0 Å². The third-order valence-corrected chi connectivity index (χ3v) is 14.0. The van der Waals surface area contributed by atoms with Crippen LogP contribution in [0.5, 0.6) is 0 Å². The van der Waals surface area contributed by atoms with E-state index in [0.717, 1.165) is 89.5 Å². The van der Waals surface area contributed by atoms with E-state index in [4.69, 9.17) is 19.9 Å². The molecule has 0 unspecified atom stereocenters. The molecule has 346 valence electrons. The van der Waals surface area contributed by atoms with Gasteiger partial charge in [0.05, 0.1) is 22.8 Å². The number of rotatable bonds is 10. The third kappa shape index (κ3) is 8.51. The Morgan fingerprint density at radius 3 is 0.838 bits per heavy atom. The summed E-state index contributed by atoms with van der Waals surface area (Å²) in [6.07, 6.45) is 0. The predicted molar refractivity (Wildman–Crippen MR) is 307 cm³/mol. The van der Waals surface area contributed by atoms with Crippen molar-refractivity contribution in [1.29, 1.82) is 0 Å². The van der Waals surface area contributed by atoms with Gasteiger partial charge in [-0.3, -0.25) is 0 Å². The average molecular weight is 943 g/mol. The van der Waals surface area contributed by atoms with Crippen molar-refractivity contribution >= 4 is 21.5 Å². The summed E-state index contributed by atoms with van der Waals surface area (Å²) in [5.41, 5.74) is 18.6. The molecule has 0 saturated carbocycles. The average Bonchev–Trinajstić information content (AvgIpc) is 3.49. The number of hydrogen-bond donors (Lipinski definition) is 0. The summed E-state index contributed by atoms with van der Waals surface area (Å²) in [5.74, 6) is 1.37. The van der Waals surface area contributed by atoms with Crippen molar-refractivity contribution in [2.75, 3.05) is 0 Å². The fourth-order valence-corrected chi connectivity index (χ4v) is 10.3. The maximum absolute atomic E-state index is 5.21. The lowest BCUT2D eigenvalue weighted by molar-refractivity contribution is 1.18. The first-order valence-corrected chi connectivity index (χ1v) is 25.0. The van der Waals surface area contributed by atoms with Gasteiger partial charge in [-0.25, -0.2) is 19.9 Å². The highest BCUT2D eigenvalue weighted by molar-refractivity contribution is 6.10. The van der Waals surface area contributed by atoms with Gasteiger partial charge in [-0.15, -0.1) is 0 Å². The fourth-order valence-electron chi connectivity index (χ4n) is 10.3. The van der Waals surface area contributed by atoms with Crippen LogP contribution in [-0.4, -0.2) is 19.9 Å². The summed E-state index contributed by atoms with van der Waals surface area (Å²) < 4.78 is 0. The molecule has 0 saturated heterocycles. The van der Waals surface area contributed by atoms with Crippen molar-refractivity contribution in [3.63, 3.8) is 0 Å². The smallest absolute Gasteiger partial charge is 0.160 e. The highest BCUT2D eigenvalue weighted by Gasteiger charge is 2.23. The Hall–Kier alpha value is -9.90. The second-order valence-corrected chi connectivity index (χ2v) is 18.5. The van der Waals surface area contributed by atoms with E-state index < -0.39 is 0 Å². The maximum atomic E-state index is 5.21. The first kappa shape index (κ1) is 44.1. The summed E-state index contributed by atoms with van der Waals surface area (Å²) in [4.78, 5) is 20.6. The summed E-state index contributed by atoms with van der Waals surface area (Å²) in [7, 11) is 0. The third-order valence-electron chi connectivity index (χ3n) is 14.0. The molecule has 13 rings (SSSR count). The van der Waals surface area contributed by atoms with Crippen LogP contribution < -0.4 is 0 Å². The molecule has 0 N–H and O–H groups in total. The van der Waals surface area contributed by atoms with Crippen molar-refractivity contribution in [1.82, 2.24) is 19.9 Å². The number of aromatic nitrogens is 4. The molecule has 0 fully saturated rings. The van der Waals surface area contributed by atoms with E-state index in [0.29, 0.717) is 11.6 Å². The molecule has 0 amide bonds. The lowest BCUT2D eigenvalue weighted by Crippen LogP contribution is -1.97. The minimum absolute atomic E-state index is 0.687. The maximum Gasteiger partial charge on any atom is 0.160 e.